The summed E-state index contributed by atoms with van der Waals surface area (Å²) < 4.78 is 0. The number of hydrogen-bond donors (Lipinski definition) is 1. The Kier molecular flexibility index (Phi) is 6.44. The molecule has 0 aromatic carbocycles. The van der Waals surface area contributed by atoms with Crippen LogP contribution in [0.3, 0.4) is 0 Å². The second-order valence-electron chi connectivity index (χ2n) is 7.29. The fourth-order valence-electron chi connectivity index (χ4n) is 3.45. The van der Waals surface area contributed by atoms with Crippen LogP contribution >= 0.6 is 11.3 Å². The molecule has 0 aliphatic carbocycles. The molecule has 134 valence electrons. The molecular weight excluding hydrogens is 320 g/mol. The Morgan fingerprint density at radius 2 is 2.00 bits per heavy atom. The molecule has 24 heavy (non-hydrogen) atoms. The van der Waals surface area contributed by atoms with Crippen LogP contribution in [0, 0.1) is 19.8 Å². The number of hydrogen-bond acceptors (Lipinski definition) is 3. The number of likely N-dealkylation sites (tertiary alicyclic amines) is 1. The highest BCUT2D eigenvalue weighted by Crippen LogP contribution is 2.27. The van der Waals surface area contributed by atoms with Gasteiger partial charge in [-0.25, -0.2) is 0 Å². The average molecular weight is 351 g/mol. The predicted octanol–water partition coefficient (Wildman–Crippen LogP) is 3.97. The fourth-order valence-corrected chi connectivity index (χ4v) is 4.47. The zero-order valence-corrected chi connectivity index (χ0v) is 16.3. The normalized spacial score (nSPS) is 17.9. The molecule has 2 unspecified atom stereocenters. The van der Waals surface area contributed by atoms with Crippen LogP contribution in [0.15, 0.2) is 6.07 Å². The number of carbonyl (C=O) groups excluding carboxylic acids is 2. The van der Waals surface area contributed by atoms with Gasteiger partial charge in [0.25, 0.3) is 0 Å². The molecule has 0 bridgehead atoms. The molecule has 1 N–H and O–H groups in total. The minimum absolute atomic E-state index is 0.0188. The fraction of sp³-hybridized carbons (Fsp3) is 0.684. The SMILES string of the molecule is Cc1cc(C(C)NC(=O)C(CC(C)C)N2CCCCC2=O)c(C)s1. The number of piperidine rings is 1. The summed E-state index contributed by atoms with van der Waals surface area (Å²) in [5.74, 6) is 0.475. The molecule has 4 nitrogen and oxygen atoms in total. The smallest absolute Gasteiger partial charge is 0.243 e. The molecule has 2 heterocycles. The van der Waals surface area contributed by atoms with E-state index in [0.717, 1.165) is 12.8 Å². The molecule has 2 amide bonds. The lowest BCUT2D eigenvalue weighted by molar-refractivity contribution is -0.143. The van der Waals surface area contributed by atoms with Crippen LogP contribution in [0.25, 0.3) is 0 Å². The monoisotopic (exact) mass is 350 g/mol. The van der Waals surface area contributed by atoms with Gasteiger partial charge in [-0.2, -0.15) is 0 Å². The van der Waals surface area contributed by atoms with Gasteiger partial charge in [0.05, 0.1) is 6.04 Å². The molecule has 0 spiro atoms. The van der Waals surface area contributed by atoms with Crippen molar-refractivity contribution in [2.24, 2.45) is 5.92 Å². The van der Waals surface area contributed by atoms with Gasteiger partial charge < -0.3 is 10.2 Å². The van der Waals surface area contributed by atoms with E-state index < -0.39 is 0 Å². The van der Waals surface area contributed by atoms with E-state index in [1.807, 2.05) is 6.92 Å². The van der Waals surface area contributed by atoms with Gasteiger partial charge in [0, 0.05) is 22.7 Å². The zero-order valence-electron chi connectivity index (χ0n) is 15.5. The van der Waals surface area contributed by atoms with Crippen molar-refractivity contribution in [2.45, 2.75) is 72.4 Å². The Morgan fingerprint density at radius 3 is 2.54 bits per heavy atom. The Bertz CT molecular complexity index is 594. The first-order valence-electron chi connectivity index (χ1n) is 8.96. The molecule has 0 radical (unpaired) electrons. The number of thiophene rings is 1. The summed E-state index contributed by atoms with van der Waals surface area (Å²) in [6.07, 6.45) is 3.22. The lowest BCUT2D eigenvalue weighted by Gasteiger charge is -2.35. The molecule has 2 rings (SSSR count). The van der Waals surface area contributed by atoms with Crippen LogP contribution in [0.4, 0.5) is 0 Å². The van der Waals surface area contributed by atoms with Crippen molar-refractivity contribution in [3.8, 4) is 0 Å². The first-order chi connectivity index (χ1) is 11.3. The van der Waals surface area contributed by atoms with Crippen LogP contribution in [-0.2, 0) is 9.59 Å². The van der Waals surface area contributed by atoms with E-state index in [4.69, 9.17) is 0 Å². The molecule has 1 aliphatic heterocycles. The molecule has 5 heteroatoms. The lowest BCUT2D eigenvalue weighted by atomic mass is 9.98. The van der Waals surface area contributed by atoms with Gasteiger partial charge in [-0.15, -0.1) is 11.3 Å². The largest absolute Gasteiger partial charge is 0.348 e. The van der Waals surface area contributed by atoms with Crippen molar-refractivity contribution in [3.05, 3.63) is 21.4 Å². The van der Waals surface area contributed by atoms with E-state index >= 15 is 0 Å². The van der Waals surface area contributed by atoms with Crippen LogP contribution < -0.4 is 5.32 Å². The number of nitrogens with zero attached hydrogens (tertiary/aromatic N) is 1. The number of carbonyl (C=O) groups is 2. The third-order valence-electron chi connectivity index (χ3n) is 4.64. The van der Waals surface area contributed by atoms with Gasteiger partial charge in [-0.1, -0.05) is 13.8 Å². The highest BCUT2D eigenvalue weighted by Gasteiger charge is 2.32. The van der Waals surface area contributed by atoms with Gasteiger partial charge in [-0.05, 0) is 57.6 Å². The van der Waals surface area contributed by atoms with Gasteiger partial charge >= 0.3 is 0 Å². The van der Waals surface area contributed by atoms with Crippen LogP contribution in [0.1, 0.15) is 67.8 Å². The van der Waals surface area contributed by atoms with Gasteiger partial charge in [-0.3, -0.25) is 9.59 Å². The van der Waals surface area contributed by atoms with Crippen molar-refractivity contribution in [1.29, 1.82) is 0 Å². The van der Waals surface area contributed by atoms with Crippen molar-refractivity contribution < 1.29 is 9.59 Å². The highest BCUT2D eigenvalue weighted by atomic mass is 32.1. The minimum Gasteiger partial charge on any atom is -0.348 e. The maximum atomic E-state index is 12.9. The Labute approximate surface area is 149 Å². The first kappa shape index (κ1) is 19.0. The Balaban J connectivity index is 2.12. The average Bonchev–Trinajstić information content (AvgIpc) is 2.84. The molecule has 1 aromatic heterocycles. The van der Waals surface area contributed by atoms with Gasteiger partial charge in [0.2, 0.25) is 11.8 Å². The second kappa shape index (κ2) is 8.15. The number of nitrogens with one attached hydrogen (secondary N) is 1. The van der Waals surface area contributed by atoms with Crippen molar-refractivity contribution in [2.75, 3.05) is 6.54 Å². The molecular formula is C19H30N2O2S. The second-order valence-corrected chi connectivity index (χ2v) is 8.75. The summed E-state index contributed by atoms with van der Waals surface area (Å²) in [6, 6.07) is 1.77. The van der Waals surface area contributed by atoms with E-state index in [-0.39, 0.29) is 23.9 Å². The quantitative estimate of drug-likeness (QED) is 0.844. The maximum Gasteiger partial charge on any atom is 0.243 e. The number of rotatable bonds is 6. The summed E-state index contributed by atoms with van der Waals surface area (Å²) in [5, 5.41) is 3.15. The van der Waals surface area contributed by atoms with E-state index in [1.54, 1.807) is 16.2 Å². The van der Waals surface area contributed by atoms with Gasteiger partial charge in [0.1, 0.15) is 6.04 Å². The van der Waals surface area contributed by atoms with Gasteiger partial charge in [0.15, 0.2) is 0 Å². The van der Waals surface area contributed by atoms with Crippen molar-refractivity contribution in [3.63, 3.8) is 0 Å². The first-order valence-corrected chi connectivity index (χ1v) is 9.78. The molecule has 1 aliphatic rings. The Hall–Kier alpha value is -1.36. The zero-order chi connectivity index (χ0) is 17.9. The van der Waals surface area contributed by atoms with Crippen molar-refractivity contribution in [1.82, 2.24) is 10.2 Å². The minimum atomic E-state index is -0.347. The molecule has 1 aromatic rings. The summed E-state index contributed by atoms with van der Waals surface area (Å²) in [6.45, 7) is 11.1. The summed E-state index contributed by atoms with van der Waals surface area (Å²) in [5.41, 5.74) is 1.18. The molecule has 2 atom stereocenters. The third kappa shape index (κ3) is 4.59. The number of amides is 2. The summed E-state index contributed by atoms with van der Waals surface area (Å²) in [4.78, 5) is 29.5. The van der Waals surface area contributed by atoms with E-state index in [2.05, 4.69) is 39.1 Å². The predicted molar refractivity (Wildman–Crippen MR) is 99.2 cm³/mol. The van der Waals surface area contributed by atoms with Crippen molar-refractivity contribution >= 4 is 23.2 Å². The third-order valence-corrected chi connectivity index (χ3v) is 5.62. The Morgan fingerprint density at radius 1 is 1.29 bits per heavy atom. The van der Waals surface area contributed by atoms with Crippen LogP contribution in [0.2, 0.25) is 0 Å². The number of aryl methyl sites for hydroxylation is 2. The van der Waals surface area contributed by atoms with E-state index in [9.17, 15) is 9.59 Å². The van der Waals surface area contributed by atoms with Crippen LogP contribution in [-0.4, -0.2) is 29.3 Å². The van der Waals surface area contributed by atoms with Crippen LogP contribution in [0.5, 0.6) is 0 Å². The standard InChI is InChI=1S/C19H30N2O2S/c1-12(2)10-17(21-9-7-6-8-18(21)22)19(23)20-14(4)16-11-13(3)24-15(16)5/h11-12,14,17H,6-10H2,1-5H3,(H,20,23). The van der Waals surface area contributed by atoms with E-state index in [1.165, 1.54) is 15.3 Å². The summed E-state index contributed by atoms with van der Waals surface area (Å²) >= 11 is 1.76. The molecule has 1 saturated heterocycles. The molecule has 1 fully saturated rings. The highest BCUT2D eigenvalue weighted by molar-refractivity contribution is 7.12. The molecule has 0 saturated carbocycles. The topological polar surface area (TPSA) is 49.4 Å². The summed E-state index contributed by atoms with van der Waals surface area (Å²) in [7, 11) is 0. The van der Waals surface area contributed by atoms with E-state index in [0.29, 0.717) is 25.3 Å². The lowest BCUT2D eigenvalue weighted by Crippen LogP contribution is -2.52. The maximum absolute atomic E-state index is 12.9.